The van der Waals surface area contributed by atoms with Crippen LogP contribution in [0.4, 0.5) is 37.7 Å². The molecule has 0 aromatic heterocycles. The van der Waals surface area contributed by atoms with Crippen LogP contribution in [-0.4, -0.2) is 78.6 Å². The average molecular weight is 646 g/mol. The van der Waals surface area contributed by atoms with Crippen LogP contribution in [0.15, 0.2) is 30.3 Å². The summed E-state index contributed by atoms with van der Waals surface area (Å²) in [5.74, 6) is -6.54. The highest BCUT2D eigenvalue weighted by Crippen LogP contribution is 2.30. The van der Waals surface area contributed by atoms with Gasteiger partial charge in [-0.25, -0.2) is 18.0 Å². The number of benzene rings is 2. The van der Waals surface area contributed by atoms with Crippen LogP contribution in [-0.2, 0) is 9.59 Å². The number of hydrogen-bond donors (Lipinski definition) is 3. The zero-order chi connectivity index (χ0) is 28.1. The van der Waals surface area contributed by atoms with Gasteiger partial charge in [0.25, 0.3) is 5.91 Å². The van der Waals surface area contributed by atoms with Crippen molar-refractivity contribution in [3.63, 3.8) is 0 Å². The van der Waals surface area contributed by atoms with E-state index in [2.05, 4.69) is 10.6 Å². The van der Waals surface area contributed by atoms with Crippen molar-refractivity contribution in [2.45, 2.75) is 12.2 Å². The third-order valence-corrected chi connectivity index (χ3v) is 5.42. The molecular weight excluding hydrogens is 625 g/mol. The summed E-state index contributed by atoms with van der Waals surface area (Å²) in [6.07, 6.45) is -5.08. The number of nitrogens with zero attached hydrogens (tertiary/aromatic N) is 2. The molecule has 3 rings (SSSR count). The van der Waals surface area contributed by atoms with Gasteiger partial charge in [-0.2, -0.15) is 13.2 Å². The molecule has 0 spiro atoms. The van der Waals surface area contributed by atoms with E-state index in [1.54, 1.807) is 25.1 Å². The van der Waals surface area contributed by atoms with Crippen LogP contribution in [0.3, 0.4) is 0 Å². The molecule has 1 aliphatic heterocycles. The fourth-order valence-corrected chi connectivity index (χ4v) is 3.50. The maximum atomic E-state index is 14.5. The summed E-state index contributed by atoms with van der Waals surface area (Å²) in [5.41, 5.74) is -0.628. The van der Waals surface area contributed by atoms with Crippen molar-refractivity contribution in [1.29, 1.82) is 0 Å². The second-order valence-corrected chi connectivity index (χ2v) is 9.29. The molecule has 0 radical (unpaired) electrons. The van der Waals surface area contributed by atoms with E-state index in [0.717, 1.165) is 12.1 Å². The third-order valence-electron chi connectivity index (χ3n) is 4.75. The quantitative estimate of drug-likeness (QED) is 0.328. The van der Waals surface area contributed by atoms with Gasteiger partial charge >= 0.3 is 12.1 Å². The number of carbonyl (C=O) groups is 3. The zero-order valence-electron chi connectivity index (χ0n) is 19.3. The topological polar surface area (TPSA) is 102 Å². The van der Waals surface area contributed by atoms with Gasteiger partial charge in [0, 0.05) is 16.7 Å². The van der Waals surface area contributed by atoms with Crippen LogP contribution in [0.1, 0.15) is 10.4 Å². The van der Waals surface area contributed by atoms with Crippen molar-refractivity contribution >= 4 is 51.7 Å². The fourth-order valence-electron chi connectivity index (χ4n) is 3.04. The lowest BCUT2D eigenvalue weighted by Gasteiger charge is -2.40. The average Bonchev–Trinajstić information content (AvgIpc) is 2.74. The number of amides is 2. The lowest BCUT2D eigenvalue weighted by atomic mass is 10.0. The Hall–Kier alpha value is -3.08. The van der Waals surface area contributed by atoms with Gasteiger partial charge in [0.2, 0.25) is 5.91 Å². The van der Waals surface area contributed by atoms with E-state index in [1.807, 2.05) is 22.6 Å². The standard InChI is InChI=1S/C20H20F3IN4O2.C2HF3O2/c1-27(2)10-17(29)25-12-8-28(9-12)20(30)13-4-5-14(21)18(23)19(13)26-16-6-3-11(24)7-15(16)22;3-2(4,5)1(6)7/h3-7,12,26H,8-10H2,1-2H3,(H,25,29);(H,6,7). The number of hydrogen-bond acceptors (Lipinski definition) is 5. The Morgan fingerprint density at radius 2 is 1.68 bits per heavy atom. The maximum absolute atomic E-state index is 14.5. The van der Waals surface area contributed by atoms with Crippen LogP contribution in [0.2, 0.25) is 0 Å². The third kappa shape index (κ3) is 8.48. The number of carboxylic acid groups (broad SMARTS) is 1. The van der Waals surface area contributed by atoms with E-state index in [4.69, 9.17) is 9.90 Å². The molecule has 8 nitrogen and oxygen atoms in total. The minimum atomic E-state index is -5.08. The first-order valence-electron chi connectivity index (χ1n) is 10.3. The zero-order valence-corrected chi connectivity index (χ0v) is 21.5. The molecule has 0 aliphatic carbocycles. The lowest BCUT2D eigenvalue weighted by molar-refractivity contribution is -0.192. The van der Waals surface area contributed by atoms with E-state index in [-0.39, 0.29) is 42.8 Å². The molecule has 15 heteroatoms. The first kappa shape index (κ1) is 30.1. The summed E-state index contributed by atoms with van der Waals surface area (Å²) >= 11 is 1.92. The molecule has 1 fully saturated rings. The van der Waals surface area contributed by atoms with Gasteiger partial charge in [0.05, 0.1) is 29.5 Å². The molecule has 0 unspecified atom stereocenters. The number of rotatable bonds is 6. The molecule has 2 aromatic rings. The summed E-state index contributed by atoms with van der Waals surface area (Å²) in [6.45, 7) is 0.714. The van der Waals surface area contributed by atoms with Crippen molar-refractivity contribution in [2.24, 2.45) is 0 Å². The van der Waals surface area contributed by atoms with E-state index in [9.17, 15) is 35.9 Å². The summed E-state index contributed by atoms with van der Waals surface area (Å²) < 4.78 is 74.8. The number of anilines is 2. The smallest absolute Gasteiger partial charge is 0.475 e. The van der Waals surface area contributed by atoms with Crippen molar-refractivity contribution < 1.29 is 45.8 Å². The molecule has 1 aliphatic rings. The van der Waals surface area contributed by atoms with Crippen LogP contribution in [0.25, 0.3) is 0 Å². The minimum absolute atomic E-state index is 0.0774. The van der Waals surface area contributed by atoms with E-state index in [0.29, 0.717) is 3.57 Å². The molecule has 1 saturated heterocycles. The van der Waals surface area contributed by atoms with Gasteiger partial charge in [-0.15, -0.1) is 0 Å². The number of likely N-dealkylation sites (N-methyl/N-ethyl adjacent to an activating group) is 1. The van der Waals surface area contributed by atoms with Gasteiger partial charge in [-0.3, -0.25) is 9.59 Å². The Morgan fingerprint density at radius 1 is 1.08 bits per heavy atom. The predicted molar refractivity (Wildman–Crippen MR) is 129 cm³/mol. The van der Waals surface area contributed by atoms with Crippen molar-refractivity contribution in [2.75, 3.05) is 39.0 Å². The second-order valence-electron chi connectivity index (χ2n) is 8.05. The van der Waals surface area contributed by atoms with Gasteiger partial charge in [0.1, 0.15) is 5.82 Å². The summed E-state index contributed by atoms with van der Waals surface area (Å²) in [7, 11) is 3.54. The summed E-state index contributed by atoms with van der Waals surface area (Å²) in [4.78, 5) is 36.7. The Morgan fingerprint density at radius 3 is 2.19 bits per heavy atom. The van der Waals surface area contributed by atoms with Gasteiger partial charge < -0.3 is 25.5 Å². The van der Waals surface area contributed by atoms with E-state index < -0.39 is 41.2 Å². The summed E-state index contributed by atoms with van der Waals surface area (Å²) in [5, 5.41) is 12.4. The number of alkyl halides is 3. The highest BCUT2D eigenvalue weighted by molar-refractivity contribution is 14.1. The number of carbonyl (C=O) groups excluding carboxylic acids is 2. The number of halogens is 7. The van der Waals surface area contributed by atoms with Crippen LogP contribution in [0.5, 0.6) is 0 Å². The first-order chi connectivity index (χ1) is 17.1. The molecule has 0 saturated carbocycles. The maximum Gasteiger partial charge on any atom is 0.490 e. The number of aliphatic carboxylic acids is 1. The molecule has 37 heavy (non-hydrogen) atoms. The fraction of sp³-hybridized carbons (Fsp3) is 0.318. The van der Waals surface area contributed by atoms with Crippen molar-refractivity contribution in [3.8, 4) is 0 Å². The summed E-state index contributed by atoms with van der Waals surface area (Å²) in [6, 6.07) is 6.02. The number of nitrogens with one attached hydrogen (secondary N) is 2. The molecule has 202 valence electrons. The van der Waals surface area contributed by atoms with Gasteiger partial charge in [0.15, 0.2) is 11.6 Å². The highest BCUT2D eigenvalue weighted by Gasteiger charge is 2.38. The molecule has 0 atom stereocenters. The number of carboxylic acids is 1. The largest absolute Gasteiger partial charge is 0.490 e. The Balaban J connectivity index is 0.000000604. The molecule has 2 aromatic carbocycles. The highest BCUT2D eigenvalue weighted by atomic mass is 127. The normalized spacial score (nSPS) is 13.4. The monoisotopic (exact) mass is 646 g/mol. The molecule has 2 amide bonds. The lowest BCUT2D eigenvalue weighted by Crippen LogP contribution is -2.61. The molecule has 1 heterocycles. The van der Waals surface area contributed by atoms with E-state index >= 15 is 0 Å². The predicted octanol–water partition coefficient (Wildman–Crippen LogP) is 3.59. The van der Waals surface area contributed by atoms with Crippen LogP contribution < -0.4 is 10.6 Å². The van der Waals surface area contributed by atoms with E-state index in [1.165, 1.54) is 17.0 Å². The molecule has 3 N–H and O–H groups in total. The van der Waals surface area contributed by atoms with Crippen LogP contribution in [0, 0.1) is 21.0 Å². The first-order valence-corrected chi connectivity index (χ1v) is 11.4. The Labute approximate surface area is 220 Å². The van der Waals surface area contributed by atoms with Gasteiger partial charge in [-0.1, -0.05) is 0 Å². The SMILES string of the molecule is CN(C)CC(=O)NC1CN(C(=O)c2ccc(F)c(F)c2Nc2ccc(I)cc2F)C1.O=C(O)C(F)(F)F. The van der Waals surface area contributed by atoms with Crippen molar-refractivity contribution in [1.82, 2.24) is 15.1 Å². The number of likely N-dealkylation sites (tertiary alicyclic amines) is 1. The molecular formula is C22H21F6IN4O4. The van der Waals surface area contributed by atoms with Crippen molar-refractivity contribution in [3.05, 3.63) is 56.9 Å². The minimum Gasteiger partial charge on any atom is -0.475 e. The molecule has 0 bridgehead atoms. The second kappa shape index (κ2) is 12.4. The van der Waals surface area contributed by atoms with Crippen LogP contribution >= 0.6 is 22.6 Å². The Kier molecular flexibility index (Phi) is 10.1. The van der Waals surface area contributed by atoms with Gasteiger partial charge in [-0.05, 0) is 67.0 Å². The Bertz CT molecular complexity index is 1170.